The summed E-state index contributed by atoms with van der Waals surface area (Å²) in [6.07, 6.45) is 5.04. The maximum absolute atomic E-state index is 12.6. The van der Waals surface area contributed by atoms with Crippen molar-refractivity contribution in [1.82, 2.24) is 9.88 Å². The summed E-state index contributed by atoms with van der Waals surface area (Å²) in [6.45, 7) is 0.366. The number of anilines is 1. The van der Waals surface area contributed by atoms with E-state index in [1.54, 1.807) is 24.3 Å². The molecule has 0 spiro atoms. The molecule has 25 heavy (non-hydrogen) atoms. The van der Waals surface area contributed by atoms with Gasteiger partial charge in [0.05, 0.1) is 11.7 Å². The molecule has 1 atom stereocenters. The first kappa shape index (κ1) is 17.4. The third-order valence-corrected chi connectivity index (χ3v) is 4.68. The molecular weight excluding hydrogens is 314 g/mol. The number of hydrogen-bond donors (Lipinski definition) is 1. The summed E-state index contributed by atoms with van der Waals surface area (Å²) in [4.78, 5) is 20.5. The van der Waals surface area contributed by atoms with Gasteiger partial charge < -0.3 is 14.9 Å². The third-order valence-electron chi connectivity index (χ3n) is 4.68. The summed E-state index contributed by atoms with van der Waals surface area (Å²) < 4.78 is 0. The SMILES string of the molecule is CN(CC(O)C1CC1)C(=O)c1cncc(-c2ccc(N(C)C)cc2)c1. The first-order valence-corrected chi connectivity index (χ1v) is 8.62. The number of carbonyl (C=O) groups excluding carboxylic acids is 1. The Hall–Kier alpha value is -2.40. The largest absolute Gasteiger partial charge is 0.391 e. The van der Waals surface area contributed by atoms with Crippen molar-refractivity contribution >= 4 is 11.6 Å². The number of carbonyl (C=O) groups is 1. The van der Waals surface area contributed by atoms with E-state index in [-0.39, 0.29) is 5.91 Å². The fourth-order valence-corrected chi connectivity index (χ4v) is 2.88. The van der Waals surface area contributed by atoms with E-state index < -0.39 is 6.10 Å². The van der Waals surface area contributed by atoms with Crippen LogP contribution in [0.3, 0.4) is 0 Å². The maximum atomic E-state index is 12.6. The predicted molar refractivity (Wildman–Crippen MR) is 99.7 cm³/mol. The van der Waals surface area contributed by atoms with Crippen LogP contribution < -0.4 is 4.90 Å². The Morgan fingerprint density at radius 2 is 1.84 bits per heavy atom. The Balaban J connectivity index is 1.74. The lowest BCUT2D eigenvalue weighted by Crippen LogP contribution is -2.35. The van der Waals surface area contributed by atoms with Gasteiger partial charge in [-0.3, -0.25) is 9.78 Å². The van der Waals surface area contributed by atoms with Crippen LogP contribution in [0.15, 0.2) is 42.7 Å². The highest BCUT2D eigenvalue weighted by Crippen LogP contribution is 2.32. The van der Waals surface area contributed by atoms with Gasteiger partial charge in [-0.05, 0) is 42.5 Å². The highest BCUT2D eigenvalue weighted by Gasteiger charge is 2.31. The minimum atomic E-state index is -0.427. The van der Waals surface area contributed by atoms with Crippen molar-refractivity contribution in [1.29, 1.82) is 0 Å². The van der Waals surface area contributed by atoms with Crippen molar-refractivity contribution in [2.45, 2.75) is 18.9 Å². The van der Waals surface area contributed by atoms with E-state index in [4.69, 9.17) is 0 Å². The van der Waals surface area contributed by atoms with E-state index in [9.17, 15) is 9.90 Å². The summed E-state index contributed by atoms with van der Waals surface area (Å²) in [5, 5.41) is 10.0. The number of benzene rings is 1. The van der Waals surface area contributed by atoms with Gasteiger partial charge in [-0.15, -0.1) is 0 Å². The molecule has 1 fully saturated rings. The minimum Gasteiger partial charge on any atom is -0.391 e. The number of likely N-dealkylation sites (N-methyl/N-ethyl adjacent to an activating group) is 1. The number of rotatable bonds is 6. The fourth-order valence-electron chi connectivity index (χ4n) is 2.88. The van der Waals surface area contributed by atoms with Crippen LogP contribution in [0.25, 0.3) is 11.1 Å². The van der Waals surface area contributed by atoms with Crippen LogP contribution in [-0.2, 0) is 0 Å². The lowest BCUT2D eigenvalue weighted by Gasteiger charge is -2.21. The van der Waals surface area contributed by atoms with Gasteiger partial charge in [-0.2, -0.15) is 0 Å². The second kappa shape index (κ2) is 7.23. The van der Waals surface area contributed by atoms with Crippen LogP contribution in [-0.4, -0.2) is 54.7 Å². The summed E-state index contributed by atoms with van der Waals surface area (Å²) in [6, 6.07) is 10.0. The second-order valence-corrected chi connectivity index (χ2v) is 6.99. The zero-order chi connectivity index (χ0) is 18.0. The van der Waals surface area contributed by atoms with Crippen molar-refractivity contribution < 1.29 is 9.90 Å². The van der Waals surface area contributed by atoms with Crippen molar-refractivity contribution in [2.75, 3.05) is 32.6 Å². The Morgan fingerprint density at radius 3 is 2.44 bits per heavy atom. The monoisotopic (exact) mass is 339 g/mol. The van der Waals surface area contributed by atoms with Gasteiger partial charge >= 0.3 is 0 Å². The molecular formula is C20H25N3O2. The first-order valence-electron chi connectivity index (χ1n) is 8.62. The molecule has 1 aromatic heterocycles. The predicted octanol–water partition coefficient (Wildman–Crippen LogP) is 2.66. The number of aliphatic hydroxyl groups is 1. The molecule has 0 radical (unpaired) electrons. The molecule has 1 amide bonds. The van der Waals surface area contributed by atoms with Gasteiger partial charge in [-0.25, -0.2) is 0 Å². The number of amides is 1. The van der Waals surface area contributed by atoms with E-state index in [1.165, 1.54) is 0 Å². The molecule has 1 unspecified atom stereocenters. The zero-order valence-electron chi connectivity index (χ0n) is 15.0. The molecule has 0 aliphatic heterocycles. The van der Waals surface area contributed by atoms with Crippen molar-refractivity contribution in [3.8, 4) is 11.1 Å². The molecule has 3 rings (SSSR count). The smallest absolute Gasteiger partial charge is 0.255 e. The average Bonchev–Trinajstić information content (AvgIpc) is 3.46. The van der Waals surface area contributed by atoms with Gasteiger partial charge in [0.15, 0.2) is 0 Å². The zero-order valence-corrected chi connectivity index (χ0v) is 15.0. The molecule has 1 N–H and O–H groups in total. The lowest BCUT2D eigenvalue weighted by molar-refractivity contribution is 0.0645. The van der Waals surface area contributed by atoms with E-state index in [0.29, 0.717) is 18.0 Å². The number of pyridine rings is 1. The molecule has 5 nitrogen and oxygen atoms in total. The average molecular weight is 339 g/mol. The second-order valence-electron chi connectivity index (χ2n) is 6.99. The summed E-state index contributed by atoms with van der Waals surface area (Å²) in [5.41, 5.74) is 3.60. The first-order chi connectivity index (χ1) is 12.0. The van der Waals surface area contributed by atoms with Gasteiger partial charge in [0.1, 0.15) is 0 Å². The Labute approximate surface area is 148 Å². The Kier molecular flexibility index (Phi) is 5.04. The van der Waals surface area contributed by atoms with Crippen LogP contribution in [0.1, 0.15) is 23.2 Å². The number of hydrogen-bond acceptors (Lipinski definition) is 4. The molecule has 1 aromatic carbocycles. The highest BCUT2D eigenvalue weighted by atomic mass is 16.3. The van der Waals surface area contributed by atoms with Crippen molar-refractivity contribution in [3.05, 3.63) is 48.3 Å². The quantitative estimate of drug-likeness (QED) is 0.879. The summed E-state index contributed by atoms with van der Waals surface area (Å²) in [5.74, 6) is 0.244. The molecule has 2 aromatic rings. The van der Waals surface area contributed by atoms with Crippen LogP contribution >= 0.6 is 0 Å². The van der Waals surface area contributed by atoms with Crippen LogP contribution in [0.5, 0.6) is 0 Å². The third kappa shape index (κ3) is 4.17. The highest BCUT2D eigenvalue weighted by molar-refractivity contribution is 5.95. The maximum Gasteiger partial charge on any atom is 0.255 e. The van der Waals surface area contributed by atoms with Crippen LogP contribution in [0, 0.1) is 5.92 Å². The molecule has 0 saturated heterocycles. The van der Waals surface area contributed by atoms with Crippen molar-refractivity contribution in [2.24, 2.45) is 5.92 Å². The van der Waals surface area contributed by atoms with E-state index in [0.717, 1.165) is 29.7 Å². The molecule has 1 heterocycles. The molecule has 1 saturated carbocycles. The Morgan fingerprint density at radius 1 is 1.16 bits per heavy atom. The lowest BCUT2D eigenvalue weighted by atomic mass is 10.0. The molecule has 5 heteroatoms. The van der Waals surface area contributed by atoms with Crippen molar-refractivity contribution in [3.63, 3.8) is 0 Å². The summed E-state index contributed by atoms with van der Waals surface area (Å²) >= 11 is 0. The normalized spacial score (nSPS) is 14.9. The molecule has 132 valence electrons. The molecule has 0 bridgehead atoms. The number of aliphatic hydroxyl groups excluding tert-OH is 1. The van der Waals surface area contributed by atoms with E-state index in [2.05, 4.69) is 4.98 Å². The molecule has 1 aliphatic carbocycles. The van der Waals surface area contributed by atoms with Gasteiger partial charge in [0.2, 0.25) is 0 Å². The number of aromatic nitrogens is 1. The topological polar surface area (TPSA) is 56.7 Å². The van der Waals surface area contributed by atoms with Gasteiger partial charge in [0, 0.05) is 51.3 Å². The van der Waals surface area contributed by atoms with Gasteiger partial charge in [-0.1, -0.05) is 12.1 Å². The van der Waals surface area contributed by atoms with Gasteiger partial charge in [0.25, 0.3) is 5.91 Å². The summed E-state index contributed by atoms with van der Waals surface area (Å²) in [7, 11) is 5.73. The van der Waals surface area contributed by atoms with Crippen LogP contribution in [0.2, 0.25) is 0 Å². The molecule has 1 aliphatic rings. The standard InChI is InChI=1S/C20H25N3O2/c1-22(2)18-8-6-14(7-9-18)16-10-17(12-21-11-16)20(25)23(3)13-19(24)15-4-5-15/h6-12,15,19,24H,4-5,13H2,1-3H3. The fraction of sp³-hybridized carbons (Fsp3) is 0.400. The van der Waals surface area contributed by atoms with E-state index >= 15 is 0 Å². The number of nitrogens with zero attached hydrogens (tertiary/aromatic N) is 3. The Bertz CT molecular complexity index is 739. The minimum absolute atomic E-state index is 0.112. The van der Waals surface area contributed by atoms with E-state index in [1.807, 2.05) is 49.3 Å². The van der Waals surface area contributed by atoms with Crippen LogP contribution in [0.4, 0.5) is 5.69 Å².